The Balaban J connectivity index is 2.10. The van der Waals surface area contributed by atoms with Gasteiger partial charge in [-0.2, -0.15) is 0 Å². The van der Waals surface area contributed by atoms with E-state index in [1.54, 1.807) is 18.4 Å². The molecule has 0 saturated carbocycles. The van der Waals surface area contributed by atoms with Crippen LogP contribution in [0.1, 0.15) is 25.5 Å². The van der Waals surface area contributed by atoms with Crippen molar-refractivity contribution in [1.82, 2.24) is 4.57 Å². The monoisotopic (exact) mass is 352 g/mol. The summed E-state index contributed by atoms with van der Waals surface area (Å²) in [5.74, 6) is 0. The summed E-state index contributed by atoms with van der Waals surface area (Å²) in [6, 6.07) is 19.1. The molecule has 0 aliphatic carbocycles. The van der Waals surface area contributed by atoms with E-state index < -0.39 is 0 Å². The molecule has 4 heteroatoms. The van der Waals surface area contributed by atoms with Gasteiger partial charge in [0.2, 0.25) is 0 Å². The topological polar surface area (TPSA) is 26.5 Å². The van der Waals surface area contributed by atoms with Gasteiger partial charge >= 0.3 is 0 Å². The molecule has 3 nitrogen and oxygen atoms in total. The SMILES string of the molecule is CCc1ccc(-c2csc(=Nc3ccccc3)n2[C@@H](C)COC)cc1. The smallest absolute Gasteiger partial charge is 0.190 e. The molecule has 0 aliphatic heterocycles. The van der Waals surface area contributed by atoms with E-state index in [1.165, 1.54) is 16.8 Å². The van der Waals surface area contributed by atoms with Crippen LogP contribution < -0.4 is 4.80 Å². The quantitative estimate of drug-likeness (QED) is 0.597. The molecule has 0 radical (unpaired) electrons. The predicted molar refractivity (Wildman–Crippen MR) is 105 cm³/mol. The van der Waals surface area contributed by atoms with Crippen LogP contribution in [0.4, 0.5) is 5.69 Å². The van der Waals surface area contributed by atoms with Crippen LogP contribution in [0, 0.1) is 0 Å². The molecule has 25 heavy (non-hydrogen) atoms. The van der Waals surface area contributed by atoms with Gasteiger partial charge in [0, 0.05) is 12.5 Å². The van der Waals surface area contributed by atoms with Crippen LogP contribution in [-0.2, 0) is 11.2 Å². The minimum Gasteiger partial charge on any atom is -0.383 e. The number of thiazole rings is 1. The third kappa shape index (κ3) is 4.09. The number of aromatic nitrogens is 1. The Bertz CT molecular complexity index is 863. The molecule has 1 atom stereocenters. The number of hydrogen-bond acceptors (Lipinski definition) is 3. The Hall–Kier alpha value is -2.17. The maximum Gasteiger partial charge on any atom is 0.190 e. The number of nitrogens with zero attached hydrogens (tertiary/aromatic N) is 2. The van der Waals surface area contributed by atoms with Crippen LogP contribution in [-0.4, -0.2) is 18.3 Å². The zero-order valence-corrected chi connectivity index (χ0v) is 15.8. The van der Waals surface area contributed by atoms with E-state index in [-0.39, 0.29) is 6.04 Å². The summed E-state index contributed by atoms with van der Waals surface area (Å²) in [5, 5.41) is 2.19. The molecule has 1 heterocycles. The molecule has 0 bridgehead atoms. The Labute approximate surface area is 153 Å². The van der Waals surface area contributed by atoms with E-state index in [0.29, 0.717) is 6.61 Å². The molecule has 0 aliphatic rings. The first kappa shape index (κ1) is 17.6. The van der Waals surface area contributed by atoms with Crippen LogP contribution >= 0.6 is 11.3 Å². The van der Waals surface area contributed by atoms with Crippen molar-refractivity contribution in [1.29, 1.82) is 0 Å². The fraction of sp³-hybridized carbons (Fsp3) is 0.286. The average Bonchev–Trinajstić information content (AvgIpc) is 3.06. The summed E-state index contributed by atoms with van der Waals surface area (Å²) < 4.78 is 7.68. The van der Waals surface area contributed by atoms with Crippen LogP contribution in [0.25, 0.3) is 11.3 Å². The predicted octanol–water partition coefficient (Wildman–Crippen LogP) is 5.22. The third-order valence-electron chi connectivity index (χ3n) is 4.23. The van der Waals surface area contributed by atoms with E-state index in [9.17, 15) is 0 Å². The van der Waals surface area contributed by atoms with Crippen molar-refractivity contribution in [2.75, 3.05) is 13.7 Å². The lowest BCUT2D eigenvalue weighted by atomic mass is 10.1. The second kappa shape index (κ2) is 8.28. The molecule has 2 aromatic carbocycles. The van der Waals surface area contributed by atoms with Gasteiger partial charge in [-0.15, -0.1) is 11.3 Å². The summed E-state index contributed by atoms with van der Waals surface area (Å²) in [4.78, 5) is 5.84. The Morgan fingerprint density at radius 2 is 1.80 bits per heavy atom. The molecule has 0 unspecified atom stereocenters. The summed E-state index contributed by atoms with van der Waals surface area (Å²) in [6.45, 7) is 5.00. The molecule has 3 rings (SSSR count). The summed E-state index contributed by atoms with van der Waals surface area (Å²) in [6.07, 6.45) is 1.05. The number of aryl methyl sites for hydroxylation is 1. The Morgan fingerprint density at radius 3 is 2.44 bits per heavy atom. The number of ether oxygens (including phenoxy) is 1. The molecule has 0 amide bonds. The third-order valence-corrected chi connectivity index (χ3v) is 5.07. The lowest BCUT2D eigenvalue weighted by Gasteiger charge is -2.16. The fourth-order valence-corrected chi connectivity index (χ4v) is 3.90. The average molecular weight is 353 g/mol. The molecule has 0 spiro atoms. The lowest BCUT2D eigenvalue weighted by Crippen LogP contribution is -2.22. The van der Waals surface area contributed by atoms with Gasteiger partial charge in [-0.25, -0.2) is 4.99 Å². The van der Waals surface area contributed by atoms with E-state index in [4.69, 9.17) is 9.73 Å². The van der Waals surface area contributed by atoms with E-state index in [2.05, 4.69) is 48.1 Å². The van der Waals surface area contributed by atoms with E-state index in [1.807, 2.05) is 30.3 Å². The maximum absolute atomic E-state index is 5.40. The molecular weight excluding hydrogens is 328 g/mol. The van der Waals surface area contributed by atoms with Crippen molar-refractivity contribution in [3.63, 3.8) is 0 Å². The van der Waals surface area contributed by atoms with Crippen LogP contribution in [0.5, 0.6) is 0 Å². The second-order valence-corrected chi connectivity index (χ2v) is 6.91. The zero-order chi connectivity index (χ0) is 17.6. The maximum atomic E-state index is 5.40. The highest BCUT2D eigenvalue weighted by Gasteiger charge is 2.14. The molecule has 0 saturated heterocycles. The van der Waals surface area contributed by atoms with Gasteiger partial charge in [0.05, 0.1) is 24.0 Å². The first-order chi connectivity index (χ1) is 12.2. The van der Waals surface area contributed by atoms with Crippen LogP contribution in [0.3, 0.4) is 0 Å². The molecule has 130 valence electrons. The Morgan fingerprint density at radius 1 is 1.08 bits per heavy atom. The van der Waals surface area contributed by atoms with Crippen molar-refractivity contribution in [2.45, 2.75) is 26.3 Å². The van der Waals surface area contributed by atoms with Gasteiger partial charge in [-0.3, -0.25) is 0 Å². The number of hydrogen-bond donors (Lipinski definition) is 0. The fourth-order valence-electron chi connectivity index (χ4n) is 2.88. The summed E-state index contributed by atoms with van der Waals surface area (Å²) >= 11 is 1.67. The molecule has 1 aromatic heterocycles. The lowest BCUT2D eigenvalue weighted by molar-refractivity contribution is 0.162. The van der Waals surface area contributed by atoms with Gasteiger partial charge in [-0.05, 0) is 36.6 Å². The van der Waals surface area contributed by atoms with Gasteiger partial charge in [0.15, 0.2) is 4.80 Å². The molecular formula is C21H24N2OS. The van der Waals surface area contributed by atoms with Crippen molar-refractivity contribution < 1.29 is 4.74 Å². The van der Waals surface area contributed by atoms with Crippen LogP contribution in [0.15, 0.2) is 65.0 Å². The molecule has 0 fully saturated rings. The standard InChI is InChI=1S/C21H24N2OS/c1-4-17-10-12-18(13-11-17)20-15-25-21(23(20)16(2)14-24-3)22-19-8-6-5-7-9-19/h5-13,15-16H,4,14H2,1-3H3/t16-/m0/s1. The number of para-hydroxylation sites is 1. The van der Waals surface area contributed by atoms with Gasteiger partial charge < -0.3 is 9.30 Å². The normalized spacial score (nSPS) is 13.2. The van der Waals surface area contributed by atoms with E-state index >= 15 is 0 Å². The van der Waals surface area contributed by atoms with Gasteiger partial charge in [-0.1, -0.05) is 49.4 Å². The minimum atomic E-state index is 0.208. The summed E-state index contributed by atoms with van der Waals surface area (Å²) in [5.41, 5.74) is 4.72. The zero-order valence-electron chi connectivity index (χ0n) is 15.0. The number of methoxy groups -OCH3 is 1. The van der Waals surface area contributed by atoms with Crippen molar-refractivity contribution >= 4 is 17.0 Å². The number of benzene rings is 2. The number of rotatable bonds is 6. The first-order valence-electron chi connectivity index (χ1n) is 8.61. The minimum absolute atomic E-state index is 0.208. The highest BCUT2D eigenvalue weighted by molar-refractivity contribution is 7.07. The highest BCUT2D eigenvalue weighted by Crippen LogP contribution is 2.24. The van der Waals surface area contributed by atoms with E-state index in [0.717, 1.165) is 16.9 Å². The van der Waals surface area contributed by atoms with Crippen molar-refractivity contribution in [3.05, 3.63) is 70.3 Å². The second-order valence-electron chi connectivity index (χ2n) is 6.08. The van der Waals surface area contributed by atoms with Crippen molar-refractivity contribution in [2.24, 2.45) is 4.99 Å². The first-order valence-corrected chi connectivity index (χ1v) is 9.49. The van der Waals surface area contributed by atoms with Gasteiger partial charge in [0.25, 0.3) is 0 Å². The van der Waals surface area contributed by atoms with Crippen molar-refractivity contribution in [3.8, 4) is 11.3 Å². The molecule has 3 aromatic rings. The largest absolute Gasteiger partial charge is 0.383 e. The highest BCUT2D eigenvalue weighted by atomic mass is 32.1. The Kier molecular flexibility index (Phi) is 5.84. The van der Waals surface area contributed by atoms with Gasteiger partial charge in [0.1, 0.15) is 0 Å². The van der Waals surface area contributed by atoms with Crippen LogP contribution in [0.2, 0.25) is 0 Å². The molecule has 0 N–H and O–H groups in total. The summed E-state index contributed by atoms with van der Waals surface area (Å²) in [7, 11) is 1.74.